The number of anilines is 1. The summed E-state index contributed by atoms with van der Waals surface area (Å²) in [6.45, 7) is -2.68. The molecule has 0 amide bonds. The Morgan fingerprint density at radius 2 is 1.92 bits per heavy atom. The van der Waals surface area contributed by atoms with Gasteiger partial charge < -0.3 is 10.1 Å². The van der Waals surface area contributed by atoms with E-state index in [-0.39, 0.29) is 17.8 Å². The average Bonchev–Trinajstić information content (AvgIpc) is 2.54. The highest BCUT2D eigenvalue weighted by Crippen LogP contribution is 2.25. The molecule has 0 aliphatic heterocycles. The van der Waals surface area contributed by atoms with E-state index in [1.54, 1.807) is 6.07 Å². The molecule has 0 saturated carbocycles. The zero-order valence-corrected chi connectivity index (χ0v) is 12.1. The molecule has 0 aliphatic carbocycles. The highest BCUT2D eigenvalue weighted by Gasteiger charge is 2.09. The Hall–Kier alpha value is -2.90. The first-order chi connectivity index (χ1) is 11.5. The second-order valence-electron chi connectivity index (χ2n) is 4.86. The standard InChI is InChI=1S/C16H11F4N3O/c17-9-5-12-14(3-4-21-15(12)13(18)6-9)23-7-10-1-2-11(8-22-10)24-16(19)20/h1-6,8,16H,7H2,(H,21,23). The van der Waals surface area contributed by atoms with Crippen LogP contribution in [0.5, 0.6) is 5.75 Å². The van der Waals surface area contributed by atoms with Gasteiger partial charge in [0.25, 0.3) is 0 Å². The minimum absolute atomic E-state index is 0.0488. The maximum Gasteiger partial charge on any atom is 0.387 e. The number of hydrogen-bond donors (Lipinski definition) is 1. The number of hydrogen-bond acceptors (Lipinski definition) is 4. The number of nitrogens with zero attached hydrogens (tertiary/aromatic N) is 2. The van der Waals surface area contributed by atoms with Gasteiger partial charge in [-0.2, -0.15) is 8.78 Å². The quantitative estimate of drug-likeness (QED) is 0.712. The molecular formula is C16H11F4N3O. The van der Waals surface area contributed by atoms with Gasteiger partial charge in [0.15, 0.2) is 5.82 Å². The van der Waals surface area contributed by atoms with Gasteiger partial charge >= 0.3 is 6.61 Å². The minimum Gasteiger partial charge on any atom is -0.433 e. The summed E-state index contributed by atoms with van der Waals surface area (Å²) < 4.78 is 55.5. The molecule has 0 fully saturated rings. The molecule has 4 nitrogen and oxygen atoms in total. The van der Waals surface area contributed by atoms with Crippen LogP contribution >= 0.6 is 0 Å². The Morgan fingerprint density at radius 1 is 1.08 bits per heavy atom. The van der Waals surface area contributed by atoms with Crippen LogP contribution in [0.3, 0.4) is 0 Å². The summed E-state index contributed by atoms with van der Waals surface area (Å²) in [6.07, 6.45) is 2.58. The van der Waals surface area contributed by atoms with E-state index in [0.717, 1.165) is 6.07 Å². The molecule has 0 aliphatic rings. The first kappa shape index (κ1) is 16.0. The second kappa shape index (κ2) is 6.69. The van der Waals surface area contributed by atoms with Gasteiger partial charge in [0.1, 0.15) is 17.1 Å². The predicted octanol–water partition coefficient (Wildman–Crippen LogP) is 4.12. The van der Waals surface area contributed by atoms with Crippen molar-refractivity contribution in [3.05, 3.63) is 60.1 Å². The third-order valence-corrected chi connectivity index (χ3v) is 3.25. The normalized spacial score (nSPS) is 11.0. The Bertz CT molecular complexity index is 856. The molecule has 1 aromatic carbocycles. The lowest BCUT2D eigenvalue weighted by atomic mass is 10.1. The lowest BCUT2D eigenvalue weighted by Gasteiger charge is -2.10. The number of pyridine rings is 2. The molecule has 0 bridgehead atoms. The lowest BCUT2D eigenvalue weighted by molar-refractivity contribution is -0.0500. The Balaban J connectivity index is 1.78. The number of rotatable bonds is 5. The van der Waals surface area contributed by atoms with Gasteiger partial charge in [-0.05, 0) is 24.3 Å². The molecule has 0 spiro atoms. The van der Waals surface area contributed by atoms with Gasteiger partial charge in [0.2, 0.25) is 0 Å². The topological polar surface area (TPSA) is 47.0 Å². The van der Waals surface area contributed by atoms with Crippen LogP contribution in [-0.2, 0) is 6.54 Å². The third kappa shape index (κ3) is 3.53. The van der Waals surface area contributed by atoms with Crippen molar-refractivity contribution in [2.24, 2.45) is 0 Å². The summed E-state index contributed by atoms with van der Waals surface area (Å²) in [6, 6.07) is 6.40. The minimum atomic E-state index is -2.91. The van der Waals surface area contributed by atoms with Crippen molar-refractivity contribution in [2.75, 3.05) is 5.32 Å². The fourth-order valence-electron chi connectivity index (χ4n) is 2.21. The van der Waals surface area contributed by atoms with Crippen LogP contribution in [0.2, 0.25) is 0 Å². The van der Waals surface area contributed by atoms with Gasteiger partial charge in [-0.3, -0.25) is 9.97 Å². The van der Waals surface area contributed by atoms with E-state index in [9.17, 15) is 17.6 Å². The van der Waals surface area contributed by atoms with E-state index < -0.39 is 18.2 Å². The molecule has 3 rings (SSSR count). The first-order valence-electron chi connectivity index (χ1n) is 6.90. The lowest BCUT2D eigenvalue weighted by Crippen LogP contribution is -2.05. The summed E-state index contributed by atoms with van der Waals surface area (Å²) in [4.78, 5) is 7.87. The van der Waals surface area contributed by atoms with Crippen molar-refractivity contribution in [3.8, 4) is 5.75 Å². The maximum absolute atomic E-state index is 13.7. The van der Waals surface area contributed by atoms with Crippen LogP contribution in [-0.4, -0.2) is 16.6 Å². The van der Waals surface area contributed by atoms with Crippen molar-refractivity contribution >= 4 is 16.6 Å². The number of halogens is 4. The highest BCUT2D eigenvalue weighted by molar-refractivity contribution is 5.91. The second-order valence-corrected chi connectivity index (χ2v) is 4.86. The predicted molar refractivity (Wildman–Crippen MR) is 79.9 cm³/mol. The molecule has 2 aromatic heterocycles. The molecule has 2 heterocycles. The van der Waals surface area contributed by atoms with E-state index in [2.05, 4.69) is 20.0 Å². The van der Waals surface area contributed by atoms with Gasteiger partial charge in [-0.25, -0.2) is 8.78 Å². The molecular weight excluding hydrogens is 326 g/mol. The molecule has 8 heteroatoms. The van der Waals surface area contributed by atoms with Gasteiger partial charge in [0.05, 0.1) is 18.4 Å². The monoisotopic (exact) mass is 337 g/mol. The van der Waals surface area contributed by atoms with Gasteiger partial charge in [-0.1, -0.05) is 0 Å². The van der Waals surface area contributed by atoms with Crippen LogP contribution in [0, 0.1) is 11.6 Å². The number of benzene rings is 1. The van der Waals surface area contributed by atoms with Crippen LogP contribution in [0.15, 0.2) is 42.7 Å². The molecule has 0 radical (unpaired) electrons. The number of nitrogens with one attached hydrogen (secondary N) is 1. The number of ether oxygens (including phenoxy) is 1. The summed E-state index contributed by atoms with van der Waals surface area (Å²) in [5.41, 5.74) is 1.07. The van der Waals surface area contributed by atoms with Crippen molar-refractivity contribution in [1.82, 2.24) is 9.97 Å². The molecule has 1 N–H and O–H groups in total. The smallest absolute Gasteiger partial charge is 0.387 e. The third-order valence-electron chi connectivity index (χ3n) is 3.25. The average molecular weight is 337 g/mol. The fourth-order valence-corrected chi connectivity index (χ4v) is 2.21. The van der Waals surface area contributed by atoms with Crippen LogP contribution in [0.25, 0.3) is 10.9 Å². The fraction of sp³-hybridized carbons (Fsp3) is 0.125. The summed E-state index contributed by atoms with van der Waals surface area (Å²) in [5.74, 6) is -1.50. The Kier molecular flexibility index (Phi) is 4.45. The van der Waals surface area contributed by atoms with Gasteiger partial charge in [-0.15, -0.1) is 0 Å². The summed E-state index contributed by atoms with van der Waals surface area (Å²) in [5, 5.41) is 3.29. The van der Waals surface area contributed by atoms with Crippen molar-refractivity contribution in [3.63, 3.8) is 0 Å². The molecule has 0 saturated heterocycles. The summed E-state index contributed by atoms with van der Waals surface area (Å²) >= 11 is 0. The zero-order chi connectivity index (χ0) is 17.1. The largest absolute Gasteiger partial charge is 0.433 e. The number of aromatic nitrogens is 2. The number of alkyl halides is 2. The molecule has 3 aromatic rings. The molecule has 24 heavy (non-hydrogen) atoms. The van der Waals surface area contributed by atoms with Crippen molar-refractivity contribution in [2.45, 2.75) is 13.2 Å². The maximum atomic E-state index is 13.7. The Labute approximate surface area is 134 Å². The van der Waals surface area contributed by atoms with Crippen molar-refractivity contribution in [1.29, 1.82) is 0 Å². The van der Waals surface area contributed by atoms with Crippen LogP contribution < -0.4 is 10.1 Å². The van der Waals surface area contributed by atoms with E-state index in [1.165, 1.54) is 30.6 Å². The van der Waals surface area contributed by atoms with E-state index in [4.69, 9.17) is 0 Å². The first-order valence-corrected chi connectivity index (χ1v) is 6.90. The summed E-state index contributed by atoms with van der Waals surface area (Å²) in [7, 11) is 0. The SMILES string of the molecule is Fc1cc(F)c2nccc(NCc3ccc(OC(F)F)cn3)c2c1. The Morgan fingerprint density at radius 3 is 2.62 bits per heavy atom. The molecule has 0 atom stereocenters. The van der Waals surface area contributed by atoms with E-state index in [0.29, 0.717) is 16.8 Å². The zero-order valence-electron chi connectivity index (χ0n) is 12.1. The van der Waals surface area contributed by atoms with Crippen LogP contribution in [0.1, 0.15) is 5.69 Å². The highest BCUT2D eigenvalue weighted by atomic mass is 19.3. The van der Waals surface area contributed by atoms with Crippen LogP contribution in [0.4, 0.5) is 23.2 Å². The molecule has 0 unspecified atom stereocenters. The van der Waals surface area contributed by atoms with Crippen molar-refractivity contribution < 1.29 is 22.3 Å². The van der Waals surface area contributed by atoms with Gasteiger partial charge in [0, 0.05) is 23.3 Å². The number of fused-ring (bicyclic) bond motifs is 1. The van der Waals surface area contributed by atoms with E-state index >= 15 is 0 Å². The molecule has 124 valence electrons. The van der Waals surface area contributed by atoms with E-state index in [1.807, 2.05) is 0 Å².